The van der Waals surface area contributed by atoms with Crippen LogP contribution in [0.4, 0.5) is 10.8 Å². The van der Waals surface area contributed by atoms with Gasteiger partial charge in [-0.1, -0.05) is 0 Å². The van der Waals surface area contributed by atoms with E-state index >= 15 is 0 Å². The van der Waals surface area contributed by atoms with Gasteiger partial charge in [-0.05, 0) is 18.5 Å². The molecule has 2 aromatic heterocycles. The molecule has 0 saturated carbocycles. The van der Waals surface area contributed by atoms with Gasteiger partial charge in [0.05, 0.1) is 5.56 Å². The van der Waals surface area contributed by atoms with Gasteiger partial charge in [-0.2, -0.15) is 4.37 Å². The lowest BCUT2D eigenvalue weighted by molar-refractivity contribution is -0.118. The van der Waals surface area contributed by atoms with Gasteiger partial charge in [-0.25, -0.2) is 4.98 Å². The van der Waals surface area contributed by atoms with Gasteiger partial charge in [0.2, 0.25) is 5.91 Å². The molecule has 0 saturated heterocycles. The largest absolute Gasteiger partial charge is 0.382 e. The first-order valence-electron chi connectivity index (χ1n) is 5.74. The number of amides is 1. The molecule has 0 radical (unpaired) electrons. The summed E-state index contributed by atoms with van der Waals surface area (Å²) in [5.41, 5.74) is 7.71. The van der Waals surface area contributed by atoms with Gasteiger partial charge in [0, 0.05) is 31.1 Å². The third-order valence-corrected chi connectivity index (χ3v) is 4.13. The number of nitrogens with zero attached hydrogens (tertiary/aromatic N) is 2. The Balaban J connectivity index is 2.08. The number of thiazole rings is 1. The van der Waals surface area contributed by atoms with Crippen LogP contribution in [0.5, 0.6) is 0 Å². The van der Waals surface area contributed by atoms with E-state index in [2.05, 4.69) is 20.0 Å². The van der Waals surface area contributed by atoms with Crippen LogP contribution in [-0.2, 0) is 4.79 Å². The van der Waals surface area contributed by atoms with Crippen LogP contribution in [0, 0.1) is 6.92 Å². The van der Waals surface area contributed by atoms with Crippen molar-refractivity contribution in [2.75, 3.05) is 24.1 Å². The van der Waals surface area contributed by atoms with E-state index in [9.17, 15) is 4.79 Å². The van der Waals surface area contributed by atoms with Gasteiger partial charge in [0.1, 0.15) is 15.8 Å². The second-order valence-electron chi connectivity index (χ2n) is 3.98. The highest BCUT2D eigenvalue weighted by molar-refractivity contribution is 7.15. The van der Waals surface area contributed by atoms with Crippen LogP contribution in [0.15, 0.2) is 5.38 Å². The second kappa shape index (κ2) is 5.98. The first-order chi connectivity index (χ1) is 9.08. The van der Waals surface area contributed by atoms with E-state index < -0.39 is 0 Å². The first kappa shape index (κ1) is 13.8. The standard InChI is InChI=1S/C11H15N5OS2/c1-6-5-18-11(15-6)8-9(12)16-19-10(8)14-4-3-13-7(2)17/h5,14H,3-4H2,1-2H3,(H2,12,16)(H,13,17). The predicted octanol–water partition coefficient (Wildman–Crippen LogP) is 1.71. The Labute approximate surface area is 119 Å². The van der Waals surface area contributed by atoms with E-state index in [4.69, 9.17) is 5.73 Å². The summed E-state index contributed by atoms with van der Waals surface area (Å²) in [6.07, 6.45) is 0. The number of rotatable bonds is 5. The fourth-order valence-electron chi connectivity index (χ4n) is 1.51. The molecule has 0 aromatic carbocycles. The molecule has 1 amide bonds. The zero-order chi connectivity index (χ0) is 13.8. The highest BCUT2D eigenvalue weighted by atomic mass is 32.1. The summed E-state index contributed by atoms with van der Waals surface area (Å²) < 4.78 is 4.15. The Kier molecular flexibility index (Phi) is 4.33. The van der Waals surface area contributed by atoms with Gasteiger partial charge in [-0.15, -0.1) is 11.3 Å². The third kappa shape index (κ3) is 3.42. The Morgan fingerprint density at radius 3 is 2.89 bits per heavy atom. The fraction of sp³-hybridized carbons (Fsp3) is 0.364. The Morgan fingerprint density at radius 1 is 1.47 bits per heavy atom. The van der Waals surface area contributed by atoms with Crippen molar-refractivity contribution in [2.45, 2.75) is 13.8 Å². The van der Waals surface area contributed by atoms with Gasteiger partial charge in [-0.3, -0.25) is 4.79 Å². The molecule has 0 fully saturated rings. The summed E-state index contributed by atoms with van der Waals surface area (Å²) in [5.74, 6) is 0.447. The van der Waals surface area contributed by atoms with E-state index in [-0.39, 0.29) is 5.91 Å². The van der Waals surface area contributed by atoms with E-state index in [0.29, 0.717) is 18.9 Å². The van der Waals surface area contributed by atoms with E-state index in [1.165, 1.54) is 18.5 Å². The summed E-state index contributed by atoms with van der Waals surface area (Å²) in [4.78, 5) is 15.2. The second-order valence-corrected chi connectivity index (χ2v) is 5.61. The van der Waals surface area contributed by atoms with Crippen LogP contribution in [0.3, 0.4) is 0 Å². The molecule has 0 aliphatic heterocycles. The fourth-order valence-corrected chi connectivity index (χ4v) is 3.17. The van der Waals surface area contributed by atoms with Crippen LogP contribution < -0.4 is 16.4 Å². The Morgan fingerprint density at radius 2 is 2.26 bits per heavy atom. The molecule has 0 bridgehead atoms. The lowest BCUT2D eigenvalue weighted by Crippen LogP contribution is -2.26. The monoisotopic (exact) mass is 297 g/mol. The van der Waals surface area contributed by atoms with Crippen LogP contribution in [0.1, 0.15) is 12.6 Å². The smallest absolute Gasteiger partial charge is 0.216 e. The highest BCUT2D eigenvalue weighted by Crippen LogP contribution is 2.38. The van der Waals surface area contributed by atoms with Crippen LogP contribution in [0.25, 0.3) is 10.6 Å². The third-order valence-electron chi connectivity index (χ3n) is 2.34. The number of hydrogen-bond acceptors (Lipinski definition) is 7. The minimum absolute atomic E-state index is 0.0404. The van der Waals surface area contributed by atoms with Crippen LogP contribution in [0.2, 0.25) is 0 Å². The number of nitrogen functional groups attached to an aromatic ring is 1. The molecule has 8 heteroatoms. The maximum Gasteiger partial charge on any atom is 0.216 e. The number of aryl methyl sites for hydroxylation is 1. The number of nitrogens with one attached hydrogen (secondary N) is 2. The lowest BCUT2D eigenvalue weighted by Gasteiger charge is -2.05. The molecule has 2 rings (SSSR count). The zero-order valence-electron chi connectivity index (χ0n) is 10.7. The molecule has 6 nitrogen and oxygen atoms in total. The van der Waals surface area contributed by atoms with Crippen molar-refractivity contribution in [3.05, 3.63) is 11.1 Å². The number of anilines is 2. The van der Waals surface area contributed by atoms with Gasteiger partial charge in [0.15, 0.2) is 0 Å². The van der Waals surface area contributed by atoms with E-state index in [0.717, 1.165) is 21.3 Å². The maximum absolute atomic E-state index is 10.8. The number of nitrogens with two attached hydrogens (primary N) is 1. The van der Waals surface area contributed by atoms with Crippen LogP contribution >= 0.6 is 22.9 Å². The number of carbonyl (C=O) groups is 1. The average Bonchev–Trinajstić information content (AvgIpc) is 2.91. The van der Waals surface area contributed by atoms with Crippen molar-refractivity contribution >= 4 is 39.6 Å². The molecule has 0 aliphatic rings. The molecular formula is C11H15N5OS2. The number of carbonyl (C=O) groups excluding carboxylic acids is 1. The minimum Gasteiger partial charge on any atom is -0.382 e. The summed E-state index contributed by atoms with van der Waals surface area (Å²) in [6, 6.07) is 0. The molecule has 0 spiro atoms. The highest BCUT2D eigenvalue weighted by Gasteiger charge is 2.16. The van der Waals surface area contributed by atoms with E-state index in [1.54, 1.807) is 11.3 Å². The molecular weight excluding hydrogens is 282 g/mol. The van der Waals surface area contributed by atoms with Crippen molar-refractivity contribution in [1.82, 2.24) is 14.7 Å². The molecule has 0 unspecified atom stereocenters. The van der Waals surface area contributed by atoms with Crippen LogP contribution in [-0.4, -0.2) is 28.4 Å². The first-order valence-corrected chi connectivity index (χ1v) is 7.39. The quantitative estimate of drug-likeness (QED) is 0.731. The number of aromatic nitrogens is 2. The Hall–Kier alpha value is -1.67. The normalized spacial score (nSPS) is 10.4. The van der Waals surface area contributed by atoms with Gasteiger partial charge < -0.3 is 16.4 Å². The average molecular weight is 297 g/mol. The molecule has 0 atom stereocenters. The van der Waals surface area contributed by atoms with Crippen molar-refractivity contribution in [3.63, 3.8) is 0 Å². The molecule has 0 aliphatic carbocycles. The number of hydrogen-bond donors (Lipinski definition) is 3. The van der Waals surface area contributed by atoms with E-state index in [1.807, 2.05) is 12.3 Å². The van der Waals surface area contributed by atoms with Crippen molar-refractivity contribution in [2.24, 2.45) is 0 Å². The zero-order valence-corrected chi connectivity index (χ0v) is 12.3. The van der Waals surface area contributed by atoms with Crippen molar-refractivity contribution < 1.29 is 4.79 Å². The van der Waals surface area contributed by atoms with Crippen molar-refractivity contribution in [1.29, 1.82) is 0 Å². The summed E-state index contributed by atoms with van der Waals surface area (Å²) in [7, 11) is 0. The Bertz CT molecular complexity index is 577. The molecule has 4 N–H and O–H groups in total. The lowest BCUT2D eigenvalue weighted by atomic mass is 10.3. The molecule has 2 heterocycles. The van der Waals surface area contributed by atoms with Gasteiger partial charge >= 0.3 is 0 Å². The predicted molar refractivity (Wildman–Crippen MR) is 79.5 cm³/mol. The van der Waals surface area contributed by atoms with Gasteiger partial charge in [0.25, 0.3) is 0 Å². The molecule has 2 aromatic rings. The summed E-state index contributed by atoms with van der Waals surface area (Å²) >= 11 is 2.85. The topological polar surface area (TPSA) is 92.9 Å². The molecule has 102 valence electrons. The summed E-state index contributed by atoms with van der Waals surface area (Å²) in [6.45, 7) is 4.62. The van der Waals surface area contributed by atoms with Crippen molar-refractivity contribution in [3.8, 4) is 10.6 Å². The summed E-state index contributed by atoms with van der Waals surface area (Å²) in [5, 5.41) is 9.68. The minimum atomic E-state index is -0.0404. The molecule has 19 heavy (non-hydrogen) atoms. The maximum atomic E-state index is 10.8. The SMILES string of the molecule is CC(=O)NCCNc1snc(N)c1-c1nc(C)cs1.